The zero-order chi connectivity index (χ0) is 19.8. The van der Waals surface area contributed by atoms with Gasteiger partial charge in [0.2, 0.25) is 11.7 Å². The molecule has 3 aromatic heterocycles. The Morgan fingerprint density at radius 1 is 1.24 bits per heavy atom. The van der Waals surface area contributed by atoms with Gasteiger partial charge in [0.25, 0.3) is 5.91 Å². The lowest BCUT2D eigenvalue weighted by Crippen LogP contribution is -2.48. The molecule has 0 bridgehead atoms. The first-order valence-corrected chi connectivity index (χ1v) is 9.08. The Labute approximate surface area is 165 Å². The molecular formula is C20H17N5O4. The predicted molar refractivity (Wildman–Crippen MR) is 101 cm³/mol. The van der Waals surface area contributed by atoms with Crippen LogP contribution < -0.4 is 4.74 Å². The van der Waals surface area contributed by atoms with Crippen molar-refractivity contribution in [3.05, 3.63) is 60.3 Å². The van der Waals surface area contributed by atoms with Gasteiger partial charge in [0, 0.05) is 18.7 Å². The molecule has 0 radical (unpaired) electrons. The van der Waals surface area contributed by atoms with Gasteiger partial charge in [-0.3, -0.25) is 9.89 Å². The summed E-state index contributed by atoms with van der Waals surface area (Å²) < 4.78 is 15.9. The first-order chi connectivity index (χ1) is 14.2. The van der Waals surface area contributed by atoms with Crippen LogP contribution in [0.2, 0.25) is 0 Å². The van der Waals surface area contributed by atoms with Crippen molar-refractivity contribution in [2.75, 3.05) is 20.2 Å². The predicted octanol–water partition coefficient (Wildman–Crippen LogP) is 2.97. The maximum atomic E-state index is 12.7. The van der Waals surface area contributed by atoms with E-state index in [9.17, 15) is 4.79 Å². The number of hydrogen-bond acceptors (Lipinski definition) is 7. The summed E-state index contributed by atoms with van der Waals surface area (Å²) in [4.78, 5) is 18.8. The van der Waals surface area contributed by atoms with Gasteiger partial charge in [-0.05, 0) is 30.3 Å². The van der Waals surface area contributed by atoms with Crippen molar-refractivity contribution in [3.8, 4) is 28.6 Å². The number of aromatic amines is 1. The van der Waals surface area contributed by atoms with Crippen LogP contribution in [0.15, 0.2) is 57.7 Å². The van der Waals surface area contributed by atoms with Crippen molar-refractivity contribution < 1.29 is 18.5 Å². The average molecular weight is 391 g/mol. The van der Waals surface area contributed by atoms with Crippen molar-refractivity contribution in [3.63, 3.8) is 0 Å². The van der Waals surface area contributed by atoms with Gasteiger partial charge in [-0.1, -0.05) is 17.3 Å². The molecule has 1 aromatic carbocycles. The molecule has 5 rings (SSSR count). The molecule has 0 aliphatic carbocycles. The molecule has 1 aliphatic rings. The number of aromatic nitrogens is 4. The van der Waals surface area contributed by atoms with E-state index in [1.807, 2.05) is 24.3 Å². The zero-order valence-electron chi connectivity index (χ0n) is 15.5. The Morgan fingerprint density at radius 3 is 2.90 bits per heavy atom. The van der Waals surface area contributed by atoms with Gasteiger partial charge in [-0.15, -0.1) is 0 Å². The molecule has 0 saturated carbocycles. The van der Waals surface area contributed by atoms with E-state index in [4.69, 9.17) is 13.7 Å². The Hall–Kier alpha value is -3.88. The van der Waals surface area contributed by atoms with Gasteiger partial charge in [0.05, 0.1) is 25.0 Å². The number of hydrogen-bond donors (Lipinski definition) is 1. The Balaban J connectivity index is 1.26. The number of para-hydroxylation sites is 1. The zero-order valence-corrected chi connectivity index (χ0v) is 15.5. The van der Waals surface area contributed by atoms with Crippen LogP contribution in [0.1, 0.15) is 22.3 Å². The standard InChI is InChI=1S/C20H17N5O4/c1-27-16-6-3-2-5-13(16)14-9-15(23-22-14)20(26)25-10-12(11-25)19-21-18(24-29-19)17-7-4-8-28-17/h2-9,12H,10-11H2,1H3,(H,22,23). The van der Waals surface area contributed by atoms with Crippen LogP contribution in [0.4, 0.5) is 0 Å². The summed E-state index contributed by atoms with van der Waals surface area (Å²) in [5.74, 6) is 2.04. The fourth-order valence-electron chi connectivity index (χ4n) is 3.30. The quantitative estimate of drug-likeness (QED) is 0.557. The third-order valence-corrected chi connectivity index (χ3v) is 4.89. The minimum absolute atomic E-state index is 0.00627. The van der Waals surface area contributed by atoms with Crippen LogP contribution in [-0.4, -0.2) is 51.3 Å². The van der Waals surface area contributed by atoms with E-state index >= 15 is 0 Å². The van der Waals surface area contributed by atoms with Gasteiger partial charge in [0.1, 0.15) is 11.4 Å². The van der Waals surface area contributed by atoms with E-state index < -0.39 is 0 Å². The van der Waals surface area contributed by atoms with E-state index in [1.165, 1.54) is 0 Å². The van der Waals surface area contributed by atoms with E-state index in [2.05, 4.69) is 20.3 Å². The number of likely N-dealkylation sites (tertiary alicyclic amines) is 1. The first-order valence-electron chi connectivity index (χ1n) is 9.08. The number of carbonyl (C=O) groups is 1. The van der Waals surface area contributed by atoms with Crippen molar-refractivity contribution in [2.24, 2.45) is 0 Å². The number of rotatable bonds is 5. The Kier molecular flexibility index (Phi) is 4.12. The van der Waals surface area contributed by atoms with Crippen LogP contribution in [-0.2, 0) is 0 Å². The van der Waals surface area contributed by atoms with Crippen LogP contribution >= 0.6 is 0 Å². The third-order valence-electron chi connectivity index (χ3n) is 4.89. The fraction of sp³-hybridized carbons (Fsp3) is 0.200. The number of nitrogens with one attached hydrogen (secondary N) is 1. The van der Waals surface area contributed by atoms with E-state index in [0.717, 1.165) is 5.56 Å². The van der Waals surface area contributed by atoms with Gasteiger partial charge in [-0.25, -0.2) is 0 Å². The van der Waals surface area contributed by atoms with Gasteiger partial charge < -0.3 is 18.6 Å². The molecule has 0 spiro atoms. The lowest BCUT2D eigenvalue weighted by molar-refractivity contribution is 0.0563. The molecule has 29 heavy (non-hydrogen) atoms. The van der Waals surface area contributed by atoms with Crippen LogP contribution in [0.25, 0.3) is 22.8 Å². The Morgan fingerprint density at radius 2 is 2.10 bits per heavy atom. The second-order valence-corrected chi connectivity index (χ2v) is 6.71. The lowest BCUT2D eigenvalue weighted by Gasteiger charge is -2.36. The summed E-state index contributed by atoms with van der Waals surface area (Å²) in [6.45, 7) is 1.00. The van der Waals surface area contributed by atoms with Crippen LogP contribution in [0.5, 0.6) is 5.75 Å². The number of amides is 1. The molecule has 1 aliphatic heterocycles. The molecule has 9 nitrogen and oxygen atoms in total. The number of ether oxygens (including phenoxy) is 1. The Bertz CT molecular complexity index is 1140. The number of nitrogens with zero attached hydrogens (tertiary/aromatic N) is 4. The molecule has 1 N–H and O–H groups in total. The number of benzene rings is 1. The molecule has 9 heteroatoms. The topological polar surface area (TPSA) is 110 Å². The van der Waals surface area contributed by atoms with E-state index in [-0.39, 0.29) is 11.8 Å². The van der Waals surface area contributed by atoms with Gasteiger partial charge in [0.15, 0.2) is 5.76 Å². The molecule has 146 valence electrons. The maximum Gasteiger partial charge on any atom is 0.271 e. The van der Waals surface area contributed by atoms with Crippen molar-refractivity contribution in [1.29, 1.82) is 0 Å². The molecule has 0 atom stereocenters. The molecule has 1 saturated heterocycles. The van der Waals surface area contributed by atoms with E-state index in [1.54, 1.807) is 36.5 Å². The SMILES string of the molecule is COc1ccccc1-c1cc(C(=O)N2CC(c3nc(-c4ccco4)no3)C2)[nH]n1. The number of carbonyl (C=O) groups excluding carboxylic acids is 1. The normalized spacial score (nSPS) is 14.0. The molecule has 0 unspecified atom stereocenters. The minimum atomic E-state index is -0.124. The highest BCUT2D eigenvalue weighted by atomic mass is 16.5. The van der Waals surface area contributed by atoms with Gasteiger partial charge >= 0.3 is 0 Å². The summed E-state index contributed by atoms with van der Waals surface area (Å²) in [7, 11) is 1.60. The van der Waals surface area contributed by atoms with Gasteiger partial charge in [-0.2, -0.15) is 10.1 Å². The largest absolute Gasteiger partial charge is 0.496 e. The summed E-state index contributed by atoms with van der Waals surface area (Å²) in [6, 6.07) is 12.8. The highest BCUT2D eigenvalue weighted by Crippen LogP contribution is 2.31. The van der Waals surface area contributed by atoms with Crippen molar-refractivity contribution in [2.45, 2.75) is 5.92 Å². The van der Waals surface area contributed by atoms with E-state index in [0.29, 0.717) is 47.7 Å². The summed E-state index contributed by atoms with van der Waals surface area (Å²) in [5.41, 5.74) is 1.90. The fourth-order valence-corrected chi connectivity index (χ4v) is 3.30. The average Bonchev–Trinajstić information content (AvgIpc) is 3.47. The number of furan rings is 1. The molecule has 1 fully saturated rings. The second kappa shape index (κ2) is 6.93. The molecular weight excluding hydrogens is 374 g/mol. The van der Waals surface area contributed by atoms with Crippen LogP contribution in [0.3, 0.4) is 0 Å². The maximum absolute atomic E-state index is 12.7. The highest BCUT2D eigenvalue weighted by molar-refractivity contribution is 5.94. The smallest absolute Gasteiger partial charge is 0.271 e. The highest BCUT2D eigenvalue weighted by Gasteiger charge is 2.37. The monoisotopic (exact) mass is 391 g/mol. The molecule has 1 amide bonds. The summed E-state index contributed by atoms with van der Waals surface area (Å²) in [5, 5.41) is 11.0. The summed E-state index contributed by atoms with van der Waals surface area (Å²) >= 11 is 0. The second-order valence-electron chi connectivity index (χ2n) is 6.71. The molecule has 4 heterocycles. The summed E-state index contributed by atoms with van der Waals surface area (Å²) in [6.07, 6.45) is 1.55. The number of H-pyrrole nitrogens is 1. The van der Waals surface area contributed by atoms with Crippen LogP contribution in [0, 0.1) is 0 Å². The third kappa shape index (κ3) is 3.06. The van der Waals surface area contributed by atoms with Crippen molar-refractivity contribution >= 4 is 5.91 Å². The minimum Gasteiger partial charge on any atom is -0.496 e. The number of methoxy groups -OCH3 is 1. The first kappa shape index (κ1) is 17.2. The lowest BCUT2D eigenvalue weighted by atomic mass is 9.99. The molecule has 4 aromatic rings. The van der Waals surface area contributed by atoms with Crippen molar-refractivity contribution in [1.82, 2.24) is 25.2 Å².